The second kappa shape index (κ2) is 5.60. The first-order chi connectivity index (χ1) is 6.38. The van der Waals surface area contributed by atoms with E-state index >= 15 is 0 Å². The van der Waals surface area contributed by atoms with Crippen molar-refractivity contribution in [3.05, 3.63) is 30.3 Å². The van der Waals surface area contributed by atoms with Crippen molar-refractivity contribution in [3.63, 3.8) is 0 Å². The Balaban J connectivity index is 2.56. The van der Waals surface area contributed by atoms with Crippen molar-refractivity contribution in [2.75, 3.05) is 24.6 Å². The van der Waals surface area contributed by atoms with Gasteiger partial charge in [0.05, 0.1) is 0 Å². The summed E-state index contributed by atoms with van der Waals surface area (Å²) in [6.07, 6.45) is 0.836. The van der Waals surface area contributed by atoms with Gasteiger partial charge in [0.2, 0.25) is 0 Å². The van der Waals surface area contributed by atoms with E-state index in [4.69, 9.17) is 5.11 Å². The lowest BCUT2D eigenvalue weighted by Gasteiger charge is -2.22. The van der Waals surface area contributed by atoms with E-state index in [1.54, 1.807) is 0 Å². The molecule has 0 aliphatic heterocycles. The second-order valence-electron chi connectivity index (χ2n) is 2.99. The van der Waals surface area contributed by atoms with Crippen LogP contribution in [-0.4, -0.2) is 24.8 Å². The fourth-order valence-electron chi connectivity index (χ4n) is 1.37. The highest BCUT2D eigenvalue weighted by atomic mass is 16.3. The fourth-order valence-corrected chi connectivity index (χ4v) is 1.37. The van der Waals surface area contributed by atoms with Gasteiger partial charge in [-0.2, -0.15) is 0 Å². The first-order valence-corrected chi connectivity index (χ1v) is 4.79. The maximum absolute atomic E-state index is 8.73. The monoisotopic (exact) mass is 179 g/mol. The summed E-state index contributed by atoms with van der Waals surface area (Å²) in [5.41, 5.74) is 1.23. The number of aliphatic hydroxyl groups is 1. The molecule has 0 aliphatic carbocycles. The number of anilines is 1. The van der Waals surface area contributed by atoms with Gasteiger partial charge in [-0.25, -0.2) is 0 Å². The maximum Gasteiger partial charge on any atom is 0.0447 e. The third kappa shape index (κ3) is 3.07. The molecule has 1 rings (SSSR count). The molecule has 0 radical (unpaired) electrons. The van der Waals surface area contributed by atoms with Crippen LogP contribution in [0.25, 0.3) is 0 Å². The molecule has 0 saturated carbocycles. The zero-order valence-corrected chi connectivity index (χ0v) is 8.11. The highest BCUT2D eigenvalue weighted by molar-refractivity contribution is 5.45. The molecule has 0 spiro atoms. The Bertz CT molecular complexity index is 223. The summed E-state index contributed by atoms with van der Waals surface area (Å²) in [7, 11) is 0. The third-order valence-electron chi connectivity index (χ3n) is 2.09. The normalized spacial score (nSPS) is 10.0. The number of hydrogen-bond donors (Lipinski definition) is 1. The average Bonchev–Trinajstić information content (AvgIpc) is 2.21. The predicted octanol–water partition coefficient (Wildman–Crippen LogP) is 1.90. The van der Waals surface area contributed by atoms with Gasteiger partial charge in [-0.15, -0.1) is 0 Å². The lowest BCUT2D eigenvalue weighted by atomic mass is 10.2. The molecule has 0 bridgehead atoms. The number of benzene rings is 1. The smallest absolute Gasteiger partial charge is 0.0447 e. The Morgan fingerprint density at radius 2 is 1.92 bits per heavy atom. The Kier molecular flexibility index (Phi) is 4.33. The highest BCUT2D eigenvalue weighted by Crippen LogP contribution is 2.12. The number of para-hydroxylation sites is 1. The molecule has 0 unspecified atom stereocenters. The van der Waals surface area contributed by atoms with Gasteiger partial charge in [0, 0.05) is 25.4 Å². The minimum Gasteiger partial charge on any atom is -0.396 e. The van der Waals surface area contributed by atoms with Crippen LogP contribution in [-0.2, 0) is 0 Å². The van der Waals surface area contributed by atoms with Gasteiger partial charge in [-0.05, 0) is 25.5 Å². The van der Waals surface area contributed by atoms with Gasteiger partial charge in [0.15, 0.2) is 0 Å². The van der Waals surface area contributed by atoms with Gasteiger partial charge in [0.1, 0.15) is 0 Å². The van der Waals surface area contributed by atoms with Crippen LogP contribution in [0, 0.1) is 0 Å². The first-order valence-electron chi connectivity index (χ1n) is 4.79. The number of aliphatic hydroxyl groups excluding tert-OH is 1. The van der Waals surface area contributed by atoms with Crippen LogP contribution in [0.4, 0.5) is 5.69 Å². The van der Waals surface area contributed by atoms with Crippen molar-refractivity contribution in [3.8, 4) is 0 Å². The van der Waals surface area contributed by atoms with Gasteiger partial charge in [-0.1, -0.05) is 18.2 Å². The van der Waals surface area contributed by atoms with Gasteiger partial charge in [0.25, 0.3) is 0 Å². The zero-order chi connectivity index (χ0) is 9.52. The van der Waals surface area contributed by atoms with Gasteiger partial charge >= 0.3 is 0 Å². The minimum absolute atomic E-state index is 0.267. The van der Waals surface area contributed by atoms with E-state index in [0.717, 1.165) is 19.5 Å². The molecule has 0 saturated heterocycles. The van der Waals surface area contributed by atoms with E-state index in [-0.39, 0.29) is 6.61 Å². The van der Waals surface area contributed by atoms with Crippen LogP contribution in [0.5, 0.6) is 0 Å². The summed E-state index contributed by atoms with van der Waals surface area (Å²) in [4.78, 5) is 2.26. The quantitative estimate of drug-likeness (QED) is 0.746. The average molecular weight is 179 g/mol. The van der Waals surface area contributed by atoms with Crippen LogP contribution in [0.1, 0.15) is 13.3 Å². The number of rotatable bonds is 5. The molecule has 1 aromatic carbocycles. The van der Waals surface area contributed by atoms with E-state index in [1.165, 1.54) is 5.69 Å². The molecular formula is C11H17NO. The predicted molar refractivity (Wildman–Crippen MR) is 56.0 cm³/mol. The number of hydrogen-bond acceptors (Lipinski definition) is 2. The molecular weight excluding hydrogens is 162 g/mol. The lowest BCUT2D eigenvalue weighted by molar-refractivity contribution is 0.289. The fraction of sp³-hybridized carbons (Fsp3) is 0.455. The van der Waals surface area contributed by atoms with E-state index in [1.807, 2.05) is 18.2 Å². The Morgan fingerprint density at radius 3 is 2.46 bits per heavy atom. The second-order valence-corrected chi connectivity index (χ2v) is 2.99. The Hall–Kier alpha value is -1.02. The molecule has 0 amide bonds. The van der Waals surface area contributed by atoms with E-state index < -0.39 is 0 Å². The molecule has 1 N–H and O–H groups in total. The summed E-state index contributed by atoms with van der Waals surface area (Å²) in [5.74, 6) is 0. The van der Waals surface area contributed by atoms with Crippen molar-refractivity contribution in [2.45, 2.75) is 13.3 Å². The molecule has 0 aliphatic rings. The van der Waals surface area contributed by atoms with Crippen LogP contribution >= 0.6 is 0 Å². The third-order valence-corrected chi connectivity index (χ3v) is 2.09. The largest absolute Gasteiger partial charge is 0.396 e. The lowest BCUT2D eigenvalue weighted by Crippen LogP contribution is -2.24. The van der Waals surface area contributed by atoms with Gasteiger partial charge < -0.3 is 10.0 Å². The topological polar surface area (TPSA) is 23.5 Å². The Morgan fingerprint density at radius 1 is 1.23 bits per heavy atom. The standard InChI is InChI=1S/C11H17NO/c1-2-12(9-6-10-13)11-7-4-3-5-8-11/h3-5,7-8,13H,2,6,9-10H2,1H3. The van der Waals surface area contributed by atoms with Crippen LogP contribution < -0.4 is 4.90 Å². The number of nitrogens with zero attached hydrogens (tertiary/aromatic N) is 1. The van der Waals surface area contributed by atoms with Crippen molar-refractivity contribution in [1.29, 1.82) is 0 Å². The molecule has 13 heavy (non-hydrogen) atoms. The van der Waals surface area contributed by atoms with Crippen molar-refractivity contribution >= 4 is 5.69 Å². The van der Waals surface area contributed by atoms with Crippen LogP contribution in [0.15, 0.2) is 30.3 Å². The molecule has 72 valence electrons. The molecule has 0 heterocycles. The summed E-state index contributed by atoms with van der Waals surface area (Å²) in [5, 5.41) is 8.73. The summed E-state index contributed by atoms with van der Waals surface area (Å²) >= 11 is 0. The first kappa shape index (κ1) is 10.1. The molecule has 1 aromatic rings. The van der Waals surface area contributed by atoms with Crippen molar-refractivity contribution < 1.29 is 5.11 Å². The Labute approximate surface area is 79.8 Å². The minimum atomic E-state index is 0.267. The van der Waals surface area contributed by atoms with Crippen molar-refractivity contribution in [2.24, 2.45) is 0 Å². The maximum atomic E-state index is 8.73. The zero-order valence-electron chi connectivity index (χ0n) is 8.11. The van der Waals surface area contributed by atoms with Gasteiger partial charge in [-0.3, -0.25) is 0 Å². The summed E-state index contributed by atoms with van der Waals surface area (Å²) < 4.78 is 0. The molecule has 2 heteroatoms. The van der Waals surface area contributed by atoms with Crippen LogP contribution in [0.2, 0.25) is 0 Å². The molecule has 2 nitrogen and oxygen atoms in total. The molecule has 0 fully saturated rings. The van der Waals surface area contributed by atoms with E-state index in [9.17, 15) is 0 Å². The SMILES string of the molecule is CCN(CCCO)c1ccccc1. The highest BCUT2D eigenvalue weighted by Gasteiger charge is 2.01. The van der Waals surface area contributed by atoms with Crippen LogP contribution in [0.3, 0.4) is 0 Å². The molecule has 0 atom stereocenters. The van der Waals surface area contributed by atoms with Crippen molar-refractivity contribution in [1.82, 2.24) is 0 Å². The van der Waals surface area contributed by atoms with E-state index in [0.29, 0.717) is 0 Å². The summed E-state index contributed by atoms with van der Waals surface area (Å²) in [6, 6.07) is 10.3. The molecule has 0 aromatic heterocycles. The van der Waals surface area contributed by atoms with E-state index in [2.05, 4.69) is 24.0 Å². The summed E-state index contributed by atoms with van der Waals surface area (Å²) in [6.45, 7) is 4.31.